The number of carbonyl (C=O) groups excluding carboxylic acids is 1. The Morgan fingerprint density at radius 1 is 1.47 bits per heavy atom. The number of fused-ring (bicyclic) bond motifs is 1. The van der Waals surface area contributed by atoms with Crippen LogP contribution in [0.15, 0.2) is 24.3 Å². The molecular weight excluding hydrogens is 262 g/mol. The van der Waals surface area contributed by atoms with E-state index in [0.29, 0.717) is 24.1 Å². The normalized spacial score (nSPS) is 27.2. The van der Waals surface area contributed by atoms with Crippen molar-refractivity contribution in [3.8, 4) is 0 Å². The molecule has 2 aliphatic rings. The quantitative estimate of drug-likeness (QED) is 0.850. The molecule has 0 N–H and O–H groups in total. The molecule has 2 fully saturated rings. The van der Waals surface area contributed by atoms with Crippen LogP contribution in [0.2, 0.25) is 5.02 Å². The molecule has 19 heavy (non-hydrogen) atoms. The highest BCUT2D eigenvalue weighted by Crippen LogP contribution is 2.23. The molecule has 0 aromatic heterocycles. The summed E-state index contributed by atoms with van der Waals surface area (Å²) in [6, 6.07) is 8.02. The summed E-state index contributed by atoms with van der Waals surface area (Å²) in [5, 5.41) is 0.675. The van der Waals surface area contributed by atoms with Crippen molar-refractivity contribution >= 4 is 17.4 Å². The van der Waals surface area contributed by atoms with Gasteiger partial charge >= 0.3 is 0 Å². The molecule has 0 saturated carbocycles. The van der Waals surface area contributed by atoms with Crippen LogP contribution in [-0.4, -0.2) is 42.5 Å². The zero-order chi connectivity index (χ0) is 13.2. The summed E-state index contributed by atoms with van der Waals surface area (Å²) in [5.41, 5.74) is 0.963. The third kappa shape index (κ3) is 2.99. The SMILES string of the molecule is O=C(Cc1cccc(Cl)c1)C1CN2CCCC2CO1. The number of carbonyl (C=O) groups is 1. The smallest absolute Gasteiger partial charge is 0.167 e. The lowest BCUT2D eigenvalue weighted by molar-refractivity contribution is -0.137. The summed E-state index contributed by atoms with van der Waals surface area (Å²) in [6.45, 7) is 2.56. The molecule has 4 heteroatoms. The van der Waals surface area contributed by atoms with Gasteiger partial charge in [-0.2, -0.15) is 0 Å². The number of hydrogen-bond donors (Lipinski definition) is 0. The average molecular weight is 280 g/mol. The van der Waals surface area contributed by atoms with Gasteiger partial charge in [0.2, 0.25) is 0 Å². The Hall–Kier alpha value is -0.900. The Labute approximate surface area is 118 Å². The van der Waals surface area contributed by atoms with Gasteiger partial charge in [0.15, 0.2) is 5.78 Å². The van der Waals surface area contributed by atoms with Gasteiger partial charge < -0.3 is 4.74 Å². The number of morpholine rings is 1. The second kappa shape index (κ2) is 5.61. The van der Waals surface area contributed by atoms with Crippen molar-refractivity contribution in [1.29, 1.82) is 0 Å². The van der Waals surface area contributed by atoms with Gasteiger partial charge in [0.05, 0.1) is 6.61 Å². The maximum atomic E-state index is 12.3. The van der Waals surface area contributed by atoms with Crippen LogP contribution in [-0.2, 0) is 16.0 Å². The lowest BCUT2D eigenvalue weighted by Crippen LogP contribution is -2.49. The zero-order valence-electron chi connectivity index (χ0n) is 10.8. The minimum absolute atomic E-state index is 0.160. The molecular formula is C15H18ClNO2. The Balaban J connectivity index is 1.61. The van der Waals surface area contributed by atoms with E-state index in [1.54, 1.807) is 0 Å². The lowest BCUT2D eigenvalue weighted by atomic mass is 10.0. The minimum atomic E-state index is -0.270. The highest BCUT2D eigenvalue weighted by atomic mass is 35.5. The van der Waals surface area contributed by atoms with Gasteiger partial charge in [-0.1, -0.05) is 23.7 Å². The molecule has 2 unspecified atom stereocenters. The number of ether oxygens (including phenoxy) is 1. The molecule has 0 aliphatic carbocycles. The fourth-order valence-electron chi connectivity index (χ4n) is 2.97. The Morgan fingerprint density at radius 3 is 3.21 bits per heavy atom. The molecule has 0 bridgehead atoms. The summed E-state index contributed by atoms with van der Waals surface area (Å²) in [7, 11) is 0. The van der Waals surface area contributed by atoms with E-state index in [-0.39, 0.29) is 11.9 Å². The third-order valence-corrected chi connectivity index (χ3v) is 4.25. The van der Waals surface area contributed by atoms with Crippen molar-refractivity contribution in [2.75, 3.05) is 19.7 Å². The summed E-state index contributed by atoms with van der Waals surface area (Å²) in [6.07, 6.45) is 2.57. The van der Waals surface area contributed by atoms with Gasteiger partial charge in [0, 0.05) is 24.0 Å². The lowest BCUT2D eigenvalue weighted by Gasteiger charge is -2.34. The van der Waals surface area contributed by atoms with E-state index in [1.165, 1.54) is 12.8 Å². The van der Waals surface area contributed by atoms with E-state index in [1.807, 2.05) is 24.3 Å². The second-order valence-corrected chi connectivity index (χ2v) is 5.82. The third-order valence-electron chi connectivity index (χ3n) is 4.02. The van der Waals surface area contributed by atoms with Crippen molar-refractivity contribution in [3.05, 3.63) is 34.9 Å². The molecule has 102 valence electrons. The zero-order valence-corrected chi connectivity index (χ0v) is 11.6. The average Bonchev–Trinajstić information content (AvgIpc) is 2.85. The number of nitrogens with zero attached hydrogens (tertiary/aromatic N) is 1. The molecule has 3 nitrogen and oxygen atoms in total. The maximum absolute atomic E-state index is 12.3. The predicted octanol–water partition coefficient (Wildman–Crippen LogP) is 2.31. The van der Waals surface area contributed by atoms with Crippen LogP contribution in [0.3, 0.4) is 0 Å². The first-order valence-corrected chi connectivity index (χ1v) is 7.23. The van der Waals surface area contributed by atoms with Crippen LogP contribution in [0.1, 0.15) is 18.4 Å². The number of hydrogen-bond acceptors (Lipinski definition) is 3. The topological polar surface area (TPSA) is 29.5 Å². The van der Waals surface area contributed by atoms with Crippen LogP contribution in [0, 0.1) is 0 Å². The molecule has 0 spiro atoms. The standard InChI is InChI=1S/C15H18ClNO2/c16-12-4-1-3-11(7-12)8-14(18)15-9-17-6-2-5-13(17)10-19-15/h1,3-4,7,13,15H,2,5-6,8-10H2. The molecule has 1 aromatic carbocycles. The maximum Gasteiger partial charge on any atom is 0.167 e. The van der Waals surface area contributed by atoms with E-state index in [9.17, 15) is 4.79 Å². The molecule has 2 saturated heterocycles. The van der Waals surface area contributed by atoms with E-state index in [0.717, 1.165) is 18.7 Å². The highest BCUT2D eigenvalue weighted by Gasteiger charge is 2.34. The summed E-state index contributed by atoms with van der Waals surface area (Å²) in [5.74, 6) is 0.160. The summed E-state index contributed by atoms with van der Waals surface area (Å²) in [4.78, 5) is 14.7. The summed E-state index contributed by atoms with van der Waals surface area (Å²) >= 11 is 5.94. The first-order chi connectivity index (χ1) is 9.22. The fraction of sp³-hybridized carbons (Fsp3) is 0.533. The van der Waals surface area contributed by atoms with Gasteiger partial charge in [-0.15, -0.1) is 0 Å². The van der Waals surface area contributed by atoms with E-state index in [4.69, 9.17) is 16.3 Å². The van der Waals surface area contributed by atoms with Gasteiger partial charge in [0.1, 0.15) is 6.10 Å². The Morgan fingerprint density at radius 2 is 2.37 bits per heavy atom. The first-order valence-electron chi connectivity index (χ1n) is 6.85. The van der Waals surface area contributed by atoms with Crippen molar-refractivity contribution in [2.45, 2.75) is 31.4 Å². The molecule has 2 heterocycles. The number of benzene rings is 1. The number of ketones is 1. The Kier molecular flexibility index (Phi) is 3.87. The molecule has 2 aliphatic heterocycles. The van der Waals surface area contributed by atoms with Crippen LogP contribution >= 0.6 is 11.6 Å². The number of rotatable bonds is 3. The van der Waals surface area contributed by atoms with Crippen LogP contribution in [0.5, 0.6) is 0 Å². The fourth-order valence-corrected chi connectivity index (χ4v) is 3.19. The predicted molar refractivity (Wildman–Crippen MR) is 74.5 cm³/mol. The van der Waals surface area contributed by atoms with Crippen molar-refractivity contribution < 1.29 is 9.53 Å². The largest absolute Gasteiger partial charge is 0.367 e. The van der Waals surface area contributed by atoms with E-state index < -0.39 is 0 Å². The van der Waals surface area contributed by atoms with Crippen LogP contribution in [0.4, 0.5) is 0 Å². The van der Waals surface area contributed by atoms with Crippen LogP contribution < -0.4 is 0 Å². The van der Waals surface area contributed by atoms with Gasteiger partial charge in [0.25, 0.3) is 0 Å². The van der Waals surface area contributed by atoms with Gasteiger partial charge in [-0.3, -0.25) is 9.69 Å². The van der Waals surface area contributed by atoms with E-state index in [2.05, 4.69) is 4.90 Å². The summed E-state index contributed by atoms with van der Waals surface area (Å²) < 4.78 is 5.73. The van der Waals surface area contributed by atoms with Crippen molar-refractivity contribution in [3.63, 3.8) is 0 Å². The van der Waals surface area contributed by atoms with Crippen molar-refractivity contribution in [1.82, 2.24) is 4.90 Å². The molecule has 0 radical (unpaired) electrons. The molecule has 2 atom stereocenters. The van der Waals surface area contributed by atoms with Crippen LogP contribution in [0.25, 0.3) is 0 Å². The molecule has 3 rings (SSSR count). The number of halogens is 1. The molecule has 0 amide bonds. The second-order valence-electron chi connectivity index (χ2n) is 5.39. The number of Topliss-reactive ketones (excluding diaryl/α,β-unsaturated/α-hetero) is 1. The first kappa shape index (κ1) is 13.1. The molecule has 1 aromatic rings. The van der Waals surface area contributed by atoms with E-state index >= 15 is 0 Å². The Bertz CT molecular complexity index is 477. The van der Waals surface area contributed by atoms with Gasteiger partial charge in [-0.25, -0.2) is 0 Å². The monoisotopic (exact) mass is 279 g/mol. The highest BCUT2D eigenvalue weighted by molar-refractivity contribution is 6.30. The van der Waals surface area contributed by atoms with Crippen molar-refractivity contribution in [2.24, 2.45) is 0 Å². The minimum Gasteiger partial charge on any atom is -0.367 e. The van der Waals surface area contributed by atoms with Gasteiger partial charge in [-0.05, 0) is 37.1 Å².